The molecule has 3 aliphatic rings. The highest BCUT2D eigenvalue weighted by Crippen LogP contribution is 2.52. The molecule has 1 unspecified atom stereocenters. The minimum atomic E-state index is 0.0315. The number of hydrogen-bond acceptors (Lipinski definition) is 3. The summed E-state index contributed by atoms with van der Waals surface area (Å²) in [6.07, 6.45) is 1.90. The van der Waals surface area contributed by atoms with E-state index in [-0.39, 0.29) is 11.6 Å². The Morgan fingerprint density at radius 2 is 1.36 bits per heavy atom. The van der Waals surface area contributed by atoms with Crippen molar-refractivity contribution < 1.29 is 4.74 Å². The summed E-state index contributed by atoms with van der Waals surface area (Å²) in [5.41, 5.74) is 13.4. The van der Waals surface area contributed by atoms with Gasteiger partial charge in [-0.05, 0) is 93.6 Å². The molecule has 6 aromatic rings. The molecule has 47 heavy (non-hydrogen) atoms. The summed E-state index contributed by atoms with van der Waals surface area (Å²) in [4.78, 5) is 4.33. The Balaban J connectivity index is 0.000000152. The summed E-state index contributed by atoms with van der Waals surface area (Å²) < 4.78 is 5.92. The highest BCUT2D eigenvalue weighted by molar-refractivity contribution is 6.05. The summed E-state index contributed by atoms with van der Waals surface area (Å²) in [5.74, 6) is 1.71. The predicted molar refractivity (Wildman–Crippen MR) is 200 cm³/mol. The Hall–Kier alpha value is -5.15. The average molecular weight is 615 g/mol. The van der Waals surface area contributed by atoms with Crippen LogP contribution in [-0.4, -0.2) is 12.4 Å². The SMILES string of the molecule is CC.CC1N=CC2=C(N1)c1cccc3cccc(c13)O2.Cc1ccccc1-c1cc2c(cc1C)C(C)(C)c1ccc3ccccc3c1-2. The fourth-order valence-electron chi connectivity index (χ4n) is 7.39. The summed E-state index contributed by atoms with van der Waals surface area (Å²) in [7, 11) is 0. The Kier molecular flexibility index (Phi) is 7.72. The molecular weight excluding hydrogens is 572 g/mol. The molecule has 0 amide bonds. The maximum Gasteiger partial charge on any atom is 0.169 e. The van der Waals surface area contributed by atoms with Crippen molar-refractivity contribution in [3.63, 3.8) is 0 Å². The first kappa shape index (κ1) is 30.5. The van der Waals surface area contributed by atoms with Gasteiger partial charge in [-0.25, -0.2) is 0 Å². The number of aryl methyl sites for hydroxylation is 2. The van der Waals surface area contributed by atoms with Crippen molar-refractivity contribution in [3.05, 3.63) is 143 Å². The van der Waals surface area contributed by atoms with E-state index in [1.165, 1.54) is 71.6 Å². The quantitative estimate of drug-likeness (QED) is 0.200. The zero-order valence-electron chi connectivity index (χ0n) is 28.4. The molecule has 3 heteroatoms. The number of benzene rings is 6. The third-order valence-electron chi connectivity index (χ3n) is 9.72. The van der Waals surface area contributed by atoms with Crippen molar-refractivity contribution in [1.82, 2.24) is 5.32 Å². The van der Waals surface area contributed by atoms with Gasteiger partial charge in [0.25, 0.3) is 0 Å². The molecule has 2 heterocycles. The van der Waals surface area contributed by atoms with Gasteiger partial charge in [0, 0.05) is 16.4 Å². The molecule has 0 fully saturated rings. The van der Waals surface area contributed by atoms with Crippen LogP contribution < -0.4 is 10.1 Å². The highest BCUT2D eigenvalue weighted by atomic mass is 16.5. The molecule has 2 aliphatic heterocycles. The second kappa shape index (κ2) is 11.9. The van der Waals surface area contributed by atoms with E-state index in [4.69, 9.17) is 4.74 Å². The van der Waals surface area contributed by atoms with Gasteiger partial charge in [-0.1, -0.05) is 125 Å². The Morgan fingerprint density at radius 3 is 2.17 bits per heavy atom. The summed E-state index contributed by atoms with van der Waals surface area (Å²) in [6, 6.07) is 39.4. The molecule has 1 N–H and O–H groups in total. The molecule has 234 valence electrons. The third-order valence-corrected chi connectivity index (χ3v) is 9.72. The minimum absolute atomic E-state index is 0.0315. The first-order valence-electron chi connectivity index (χ1n) is 16.8. The van der Waals surface area contributed by atoms with Crippen LogP contribution in [0.1, 0.15) is 62.4 Å². The second-order valence-electron chi connectivity index (χ2n) is 13.0. The molecule has 1 aliphatic carbocycles. The topological polar surface area (TPSA) is 33.6 Å². The fraction of sp³-hybridized carbons (Fsp3) is 0.205. The Bertz CT molecular complexity index is 2230. The molecule has 0 radical (unpaired) electrons. The largest absolute Gasteiger partial charge is 0.453 e. The van der Waals surface area contributed by atoms with Gasteiger partial charge in [-0.3, -0.25) is 4.99 Å². The smallest absolute Gasteiger partial charge is 0.169 e. The molecule has 9 rings (SSSR count). The van der Waals surface area contributed by atoms with Gasteiger partial charge >= 0.3 is 0 Å². The first-order chi connectivity index (χ1) is 22.8. The van der Waals surface area contributed by atoms with Crippen LogP contribution in [0.15, 0.2) is 120 Å². The van der Waals surface area contributed by atoms with Crippen molar-refractivity contribution in [2.45, 2.75) is 60.0 Å². The molecule has 0 spiro atoms. The van der Waals surface area contributed by atoms with Crippen molar-refractivity contribution in [3.8, 4) is 28.0 Å². The van der Waals surface area contributed by atoms with Gasteiger partial charge in [0.1, 0.15) is 11.9 Å². The maximum absolute atomic E-state index is 5.92. The van der Waals surface area contributed by atoms with Crippen LogP contribution in [0, 0.1) is 13.8 Å². The zero-order valence-corrected chi connectivity index (χ0v) is 28.4. The van der Waals surface area contributed by atoms with Gasteiger partial charge in [0.2, 0.25) is 0 Å². The summed E-state index contributed by atoms with van der Waals surface area (Å²) in [6.45, 7) is 15.2. The standard InChI is InChI=1S/C27H24.C15H12N2O.C2H6/c1-17-9-5-7-11-20(17)22-16-23-25(15-18(22)2)27(3,4)24-14-13-19-10-6-8-12-21(19)26(23)24;1-9-16-8-13-15(17-9)11-6-2-4-10-5-3-7-12(18-13)14(10)11;1-2/h5-16H,1-4H3;2-9,17H,1H3;1-2H3. The second-order valence-corrected chi connectivity index (χ2v) is 13.0. The lowest BCUT2D eigenvalue weighted by Gasteiger charge is -2.27. The monoisotopic (exact) mass is 614 g/mol. The molecule has 0 saturated carbocycles. The van der Waals surface area contributed by atoms with E-state index in [1.54, 1.807) is 0 Å². The minimum Gasteiger partial charge on any atom is -0.453 e. The number of aliphatic imine (C=N–C) groups is 1. The number of nitrogens with zero attached hydrogens (tertiary/aromatic N) is 1. The van der Waals surface area contributed by atoms with Crippen LogP contribution in [0.5, 0.6) is 5.75 Å². The van der Waals surface area contributed by atoms with Crippen molar-refractivity contribution in [1.29, 1.82) is 0 Å². The van der Waals surface area contributed by atoms with E-state index < -0.39 is 0 Å². The van der Waals surface area contributed by atoms with Gasteiger partial charge < -0.3 is 10.1 Å². The number of ether oxygens (including phenoxy) is 1. The zero-order chi connectivity index (χ0) is 32.9. The highest BCUT2D eigenvalue weighted by Gasteiger charge is 2.37. The van der Waals surface area contributed by atoms with E-state index in [0.29, 0.717) is 0 Å². The lowest BCUT2D eigenvalue weighted by molar-refractivity contribution is 0.449. The fourth-order valence-corrected chi connectivity index (χ4v) is 7.39. The van der Waals surface area contributed by atoms with Gasteiger partial charge in [0.15, 0.2) is 5.76 Å². The molecular formula is C44H42N2O. The average Bonchev–Trinajstić information content (AvgIpc) is 3.32. The van der Waals surface area contributed by atoms with Gasteiger partial charge in [0.05, 0.1) is 11.9 Å². The molecule has 1 atom stereocenters. The summed E-state index contributed by atoms with van der Waals surface area (Å²) >= 11 is 0. The van der Waals surface area contributed by atoms with E-state index >= 15 is 0 Å². The van der Waals surface area contributed by atoms with Gasteiger partial charge in [-0.15, -0.1) is 0 Å². The van der Waals surface area contributed by atoms with E-state index in [0.717, 1.165) is 17.2 Å². The number of nitrogens with one attached hydrogen (secondary N) is 1. The molecule has 0 bridgehead atoms. The number of allylic oxidation sites excluding steroid dienone is 1. The van der Waals surface area contributed by atoms with E-state index in [2.05, 4.69) is 135 Å². The lowest BCUT2D eigenvalue weighted by atomic mass is 9.81. The molecule has 3 nitrogen and oxygen atoms in total. The van der Waals surface area contributed by atoms with Gasteiger partial charge in [-0.2, -0.15) is 0 Å². The van der Waals surface area contributed by atoms with Crippen molar-refractivity contribution >= 4 is 33.5 Å². The van der Waals surface area contributed by atoms with Crippen LogP contribution >= 0.6 is 0 Å². The van der Waals surface area contributed by atoms with Crippen LogP contribution in [-0.2, 0) is 5.41 Å². The molecule has 6 aromatic carbocycles. The van der Waals surface area contributed by atoms with E-state index in [9.17, 15) is 0 Å². The Morgan fingerprint density at radius 1 is 0.660 bits per heavy atom. The van der Waals surface area contributed by atoms with Crippen molar-refractivity contribution in [2.24, 2.45) is 4.99 Å². The lowest BCUT2D eigenvalue weighted by Crippen LogP contribution is -2.30. The van der Waals surface area contributed by atoms with Crippen LogP contribution in [0.2, 0.25) is 0 Å². The number of rotatable bonds is 1. The predicted octanol–water partition coefficient (Wildman–Crippen LogP) is 11.4. The van der Waals surface area contributed by atoms with Crippen molar-refractivity contribution in [2.75, 3.05) is 0 Å². The first-order valence-corrected chi connectivity index (χ1v) is 16.8. The summed E-state index contributed by atoms with van der Waals surface area (Å²) in [5, 5.41) is 8.43. The number of hydrogen-bond donors (Lipinski definition) is 1. The van der Waals surface area contributed by atoms with Crippen LogP contribution in [0.25, 0.3) is 49.5 Å². The van der Waals surface area contributed by atoms with Crippen LogP contribution in [0.4, 0.5) is 0 Å². The molecule has 0 saturated heterocycles. The van der Waals surface area contributed by atoms with Crippen LogP contribution in [0.3, 0.4) is 0 Å². The van der Waals surface area contributed by atoms with E-state index in [1.807, 2.05) is 39.1 Å². The number of fused-ring (bicyclic) bond motifs is 6. The maximum atomic E-state index is 5.92. The molecule has 0 aromatic heterocycles. The third kappa shape index (κ3) is 5.02. The Labute approximate surface area is 278 Å². The normalized spacial score (nSPS) is 16.1.